The van der Waals surface area contributed by atoms with Crippen molar-refractivity contribution in [2.24, 2.45) is 5.41 Å². The van der Waals surface area contributed by atoms with Crippen molar-refractivity contribution in [3.63, 3.8) is 0 Å². The van der Waals surface area contributed by atoms with Gasteiger partial charge in [-0.25, -0.2) is 0 Å². The molecular weight excluding hydrogens is 198 g/mol. The number of hydrogen-bond acceptors (Lipinski definition) is 2. The molecule has 1 atom stereocenters. The predicted molar refractivity (Wildman–Crippen MR) is 67.3 cm³/mol. The molecule has 0 saturated carbocycles. The molecule has 1 unspecified atom stereocenters. The second-order valence-corrected chi connectivity index (χ2v) is 5.33. The van der Waals surface area contributed by atoms with Crippen molar-refractivity contribution in [2.75, 3.05) is 20.1 Å². The summed E-state index contributed by atoms with van der Waals surface area (Å²) in [6.07, 6.45) is 7.16. The van der Waals surface area contributed by atoms with Gasteiger partial charge in [-0.05, 0) is 58.8 Å². The maximum absolute atomic E-state index is 10.4. The molecule has 0 aromatic carbocycles. The first-order chi connectivity index (χ1) is 7.60. The average Bonchev–Trinajstić information content (AvgIpc) is 2.49. The largest absolute Gasteiger partial charge is 0.392 e. The van der Waals surface area contributed by atoms with Crippen LogP contribution in [-0.4, -0.2) is 36.2 Å². The minimum absolute atomic E-state index is 0.0847. The summed E-state index contributed by atoms with van der Waals surface area (Å²) in [4.78, 5) is 2.36. The molecule has 16 heavy (non-hydrogen) atoms. The number of nitrogens with zero attached hydrogens (tertiary/aromatic N) is 1. The Morgan fingerprint density at radius 2 is 2.00 bits per heavy atom. The van der Waals surface area contributed by atoms with Crippen LogP contribution < -0.4 is 0 Å². The lowest BCUT2D eigenvalue weighted by atomic mass is 9.72. The first kappa shape index (κ1) is 11.9. The number of allylic oxidation sites excluding steroid dienone is 2. The fraction of sp³-hybridized carbons (Fsp3) is 0.714. The van der Waals surface area contributed by atoms with Gasteiger partial charge in [-0.15, -0.1) is 0 Å². The molecule has 0 aromatic heterocycles. The molecule has 2 nitrogen and oxygen atoms in total. The fourth-order valence-electron chi connectivity index (χ4n) is 3.25. The van der Waals surface area contributed by atoms with Gasteiger partial charge >= 0.3 is 0 Å². The normalized spacial score (nSPS) is 30.9. The van der Waals surface area contributed by atoms with Crippen LogP contribution in [0.1, 0.15) is 33.1 Å². The summed E-state index contributed by atoms with van der Waals surface area (Å²) in [5.74, 6) is 0. The van der Waals surface area contributed by atoms with Crippen LogP contribution in [0.5, 0.6) is 0 Å². The minimum Gasteiger partial charge on any atom is -0.392 e. The Balaban J connectivity index is 2.26. The first-order valence-electron chi connectivity index (χ1n) is 6.29. The van der Waals surface area contributed by atoms with Gasteiger partial charge in [-0.3, -0.25) is 0 Å². The van der Waals surface area contributed by atoms with Gasteiger partial charge in [0.1, 0.15) is 0 Å². The van der Waals surface area contributed by atoms with Crippen LogP contribution in [0.25, 0.3) is 0 Å². The molecule has 1 N–H and O–H groups in total. The molecule has 0 radical (unpaired) electrons. The summed E-state index contributed by atoms with van der Waals surface area (Å²) in [6.45, 7) is 6.48. The molecular formula is C14H23NO. The van der Waals surface area contributed by atoms with E-state index in [0.717, 1.165) is 32.4 Å². The summed E-state index contributed by atoms with van der Waals surface area (Å²) >= 11 is 0. The summed E-state index contributed by atoms with van der Waals surface area (Å²) in [7, 11) is 2.17. The number of likely N-dealkylation sites (tertiary alicyclic amines) is 1. The molecule has 90 valence electrons. The van der Waals surface area contributed by atoms with Crippen LogP contribution in [0.15, 0.2) is 23.3 Å². The lowest BCUT2D eigenvalue weighted by Crippen LogP contribution is -2.43. The number of hydrogen-bond donors (Lipinski definition) is 1. The average molecular weight is 221 g/mol. The SMILES string of the molecule is CC=CC1=C(C)C2(CCN(C)CC2)C(O)C1. The highest BCUT2D eigenvalue weighted by atomic mass is 16.3. The zero-order valence-electron chi connectivity index (χ0n) is 10.7. The maximum atomic E-state index is 10.4. The molecule has 1 aliphatic heterocycles. The smallest absolute Gasteiger partial charge is 0.0674 e. The van der Waals surface area contributed by atoms with Gasteiger partial charge in [0.2, 0.25) is 0 Å². The number of aliphatic hydroxyl groups is 1. The Morgan fingerprint density at radius 3 is 2.56 bits per heavy atom. The number of piperidine rings is 1. The van der Waals surface area contributed by atoms with E-state index in [1.807, 2.05) is 6.92 Å². The fourth-order valence-corrected chi connectivity index (χ4v) is 3.25. The van der Waals surface area contributed by atoms with Crippen molar-refractivity contribution in [3.05, 3.63) is 23.3 Å². The molecule has 1 saturated heterocycles. The van der Waals surface area contributed by atoms with Gasteiger partial charge in [-0.2, -0.15) is 0 Å². The van der Waals surface area contributed by atoms with E-state index in [4.69, 9.17) is 0 Å². The molecule has 0 amide bonds. The molecule has 1 fully saturated rings. The van der Waals surface area contributed by atoms with Crippen LogP contribution in [0.2, 0.25) is 0 Å². The second kappa shape index (κ2) is 4.34. The Morgan fingerprint density at radius 1 is 1.38 bits per heavy atom. The highest BCUT2D eigenvalue weighted by molar-refractivity contribution is 5.37. The third kappa shape index (κ3) is 1.74. The van der Waals surface area contributed by atoms with E-state index in [2.05, 4.69) is 31.0 Å². The zero-order chi connectivity index (χ0) is 11.8. The van der Waals surface area contributed by atoms with Gasteiger partial charge in [0, 0.05) is 5.41 Å². The first-order valence-corrected chi connectivity index (χ1v) is 6.29. The van der Waals surface area contributed by atoms with Crippen LogP contribution in [0, 0.1) is 5.41 Å². The lowest BCUT2D eigenvalue weighted by Gasteiger charge is -2.41. The van der Waals surface area contributed by atoms with Gasteiger partial charge in [0.15, 0.2) is 0 Å². The van der Waals surface area contributed by atoms with E-state index in [9.17, 15) is 5.11 Å². The van der Waals surface area contributed by atoms with Gasteiger partial charge < -0.3 is 10.0 Å². The molecule has 2 aliphatic rings. The minimum atomic E-state index is -0.160. The third-order valence-electron chi connectivity index (χ3n) is 4.53. The monoisotopic (exact) mass is 221 g/mol. The molecule has 0 bridgehead atoms. The summed E-state index contributed by atoms with van der Waals surface area (Å²) < 4.78 is 0. The third-order valence-corrected chi connectivity index (χ3v) is 4.53. The van der Waals surface area contributed by atoms with Crippen molar-refractivity contribution in [2.45, 2.75) is 39.2 Å². The van der Waals surface area contributed by atoms with Crippen LogP contribution in [0.3, 0.4) is 0 Å². The van der Waals surface area contributed by atoms with Crippen LogP contribution >= 0.6 is 0 Å². The molecule has 0 aromatic rings. The topological polar surface area (TPSA) is 23.5 Å². The van der Waals surface area contributed by atoms with E-state index in [1.54, 1.807) is 0 Å². The van der Waals surface area contributed by atoms with E-state index < -0.39 is 0 Å². The molecule has 2 rings (SSSR count). The predicted octanol–water partition coefficient (Wildman–Crippen LogP) is 2.36. The van der Waals surface area contributed by atoms with E-state index >= 15 is 0 Å². The van der Waals surface area contributed by atoms with E-state index in [-0.39, 0.29) is 11.5 Å². The molecule has 2 heteroatoms. The van der Waals surface area contributed by atoms with E-state index in [0.29, 0.717) is 0 Å². The van der Waals surface area contributed by atoms with Crippen LogP contribution in [0.4, 0.5) is 0 Å². The molecule has 1 aliphatic carbocycles. The second-order valence-electron chi connectivity index (χ2n) is 5.33. The van der Waals surface area contributed by atoms with Gasteiger partial charge in [0.25, 0.3) is 0 Å². The summed E-state index contributed by atoms with van der Waals surface area (Å²) in [5.41, 5.74) is 2.88. The molecule has 1 heterocycles. The molecule has 1 spiro atoms. The van der Waals surface area contributed by atoms with Crippen LogP contribution in [-0.2, 0) is 0 Å². The van der Waals surface area contributed by atoms with Crippen molar-refractivity contribution >= 4 is 0 Å². The Hall–Kier alpha value is -0.600. The zero-order valence-corrected chi connectivity index (χ0v) is 10.7. The number of aliphatic hydroxyl groups excluding tert-OH is 1. The van der Waals surface area contributed by atoms with Crippen molar-refractivity contribution in [1.82, 2.24) is 4.90 Å². The summed E-state index contributed by atoms with van der Waals surface area (Å²) in [5, 5.41) is 10.4. The Kier molecular flexibility index (Phi) is 3.22. The quantitative estimate of drug-likeness (QED) is 0.734. The Bertz CT molecular complexity index is 322. The van der Waals surface area contributed by atoms with E-state index in [1.165, 1.54) is 11.1 Å². The standard InChI is InChI=1S/C14H23NO/c1-4-5-12-10-13(16)14(11(12)2)6-8-15(3)9-7-14/h4-5,13,16H,6-10H2,1-3H3. The van der Waals surface area contributed by atoms with Crippen molar-refractivity contribution in [3.8, 4) is 0 Å². The highest BCUT2D eigenvalue weighted by Crippen LogP contribution is 2.50. The van der Waals surface area contributed by atoms with Crippen molar-refractivity contribution < 1.29 is 5.11 Å². The summed E-state index contributed by atoms with van der Waals surface area (Å²) in [6, 6.07) is 0. The number of rotatable bonds is 1. The highest BCUT2D eigenvalue weighted by Gasteiger charge is 2.46. The maximum Gasteiger partial charge on any atom is 0.0674 e. The van der Waals surface area contributed by atoms with Crippen molar-refractivity contribution in [1.29, 1.82) is 0 Å². The van der Waals surface area contributed by atoms with Gasteiger partial charge in [-0.1, -0.05) is 17.7 Å². The lowest BCUT2D eigenvalue weighted by molar-refractivity contribution is 0.0202. The Labute approximate surface area is 98.6 Å². The van der Waals surface area contributed by atoms with Gasteiger partial charge in [0.05, 0.1) is 6.10 Å².